The number of phenolic OH excluding ortho intramolecular Hbond substituents is 2. The second-order valence-electron chi connectivity index (χ2n) is 15.8. The standard InChI is InChI=1S/C43H58O6/c1-26(2)13-12-21-41(11)33(18-15-28(5)6)25-42(24-32(30(9)10)16-14-27(3)4)38(47)36(37(46)31-17-19-34(44)35(45)23-31)39(48)43(41,40(42)49)22-20-29(7)8/h13,15,17,19-20,23,32-33,44-46H,3,9,12,14,16,18,21-22,24-25H2,1-2,4-8,10-11H3/b37-36+/t32?,33-,41+,42-,43+/m0/s1. The van der Waals surface area contributed by atoms with Crippen LogP contribution in [0.2, 0.25) is 0 Å². The maximum absolute atomic E-state index is 15.7. The van der Waals surface area contributed by atoms with Crippen LogP contribution in [0, 0.1) is 28.1 Å². The highest BCUT2D eigenvalue weighted by Crippen LogP contribution is 2.67. The number of allylic oxidation sites excluding steroid dienone is 9. The number of aromatic hydroxyl groups is 2. The predicted octanol–water partition coefficient (Wildman–Crippen LogP) is 10.5. The van der Waals surface area contributed by atoms with E-state index in [1.807, 2.05) is 68.4 Å². The van der Waals surface area contributed by atoms with Gasteiger partial charge < -0.3 is 15.3 Å². The molecule has 0 amide bonds. The molecule has 2 fully saturated rings. The lowest BCUT2D eigenvalue weighted by molar-refractivity contribution is -0.180. The van der Waals surface area contributed by atoms with Crippen LogP contribution in [0.25, 0.3) is 5.76 Å². The summed E-state index contributed by atoms with van der Waals surface area (Å²) in [6.45, 7) is 26.2. The highest BCUT2D eigenvalue weighted by molar-refractivity contribution is 6.41. The SMILES string of the molecule is C=C(C)CCC(C[C@]12C[C@H](CC=C(C)C)[C@@](C)(CCC=C(C)C)[C@](CC=C(C)C)(C(=O)/C(=C(/O)c3ccc(O)c(O)c3)C1=O)C2=O)C(=C)C. The van der Waals surface area contributed by atoms with Gasteiger partial charge in [0.05, 0.1) is 5.41 Å². The first kappa shape index (κ1) is 39.5. The van der Waals surface area contributed by atoms with Crippen molar-refractivity contribution in [3.05, 3.63) is 88.6 Å². The molecule has 0 saturated heterocycles. The van der Waals surface area contributed by atoms with Gasteiger partial charge in [-0.15, -0.1) is 6.58 Å². The largest absolute Gasteiger partial charge is 0.506 e. The van der Waals surface area contributed by atoms with E-state index in [1.54, 1.807) is 0 Å². The Morgan fingerprint density at radius 3 is 2.04 bits per heavy atom. The Labute approximate surface area is 294 Å². The van der Waals surface area contributed by atoms with Gasteiger partial charge in [-0.1, -0.05) is 59.6 Å². The van der Waals surface area contributed by atoms with Gasteiger partial charge in [0.1, 0.15) is 16.7 Å². The summed E-state index contributed by atoms with van der Waals surface area (Å²) < 4.78 is 0. The Morgan fingerprint density at radius 1 is 0.898 bits per heavy atom. The molecule has 2 bridgehead atoms. The van der Waals surface area contributed by atoms with Crippen LogP contribution in [0.4, 0.5) is 0 Å². The molecule has 0 radical (unpaired) electrons. The molecule has 5 atom stereocenters. The smallest absolute Gasteiger partial charge is 0.184 e. The lowest BCUT2D eigenvalue weighted by Crippen LogP contribution is -2.70. The van der Waals surface area contributed by atoms with E-state index >= 15 is 14.4 Å². The Hall–Kier alpha value is -3.93. The van der Waals surface area contributed by atoms with Crippen LogP contribution < -0.4 is 0 Å². The van der Waals surface area contributed by atoms with Crippen LogP contribution in [0.5, 0.6) is 11.5 Å². The lowest BCUT2D eigenvalue weighted by atomic mass is 9.37. The van der Waals surface area contributed by atoms with Crippen molar-refractivity contribution in [2.75, 3.05) is 0 Å². The third kappa shape index (κ3) is 7.64. The van der Waals surface area contributed by atoms with E-state index in [0.717, 1.165) is 33.9 Å². The van der Waals surface area contributed by atoms with Gasteiger partial charge in [0.15, 0.2) is 28.8 Å². The van der Waals surface area contributed by atoms with Crippen molar-refractivity contribution in [3.63, 3.8) is 0 Å². The maximum Gasteiger partial charge on any atom is 0.184 e. The van der Waals surface area contributed by atoms with E-state index in [1.165, 1.54) is 12.1 Å². The second kappa shape index (κ2) is 15.3. The number of hydrogen-bond acceptors (Lipinski definition) is 6. The molecule has 0 aromatic heterocycles. The maximum atomic E-state index is 15.7. The van der Waals surface area contributed by atoms with E-state index in [4.69, 9.17) is 0 Å². The zero-order chi connectivity index (χ0) is 37.1. The molecule has 1 unspecified atom stereocenters. The number of carbonyl (C=O) groups is 3. The summed E-state index contributed by atoms with van der Waals surface area (Å²) in [5.74, 6) is -3.59. The van der Waals surface area contributed by atoms with Crippen molar-refractivity contribution < 1.29 is 29.7 Å². The van der Waals surface area contributed by atoms with Gasteiger partial charge in [-0.2, -0.15) is 0 Å². The highest BCUT2D eigenvalue weighted by atomic mass is 16.3. The number of rotatable bonds is 14. The first-order valence-corrected chi connectivity index (χ1v) is 17.5. The molecular weight excluding hydrogens is 612 g/mol. The number of phenols is 2. The number of hydrogen-bond donors (Lipinski definition) is 3. The molecule has 0 spiro atoms. The van der Waals surface area contributed by atoms with Crippen LogP contribution in [-0.4, -0.2) is 32.7 Å². The molecule has 49 heavy (non-hydrogen) atoms. The number of ketones is 3. The predicted molar refractivity (Wildman–Crippen MR) is 199 cm³/mol. The molecular formula is C43H58O6. The Balaban J connectivity index is 2.54. The molecule has 1 aromatic rings. The topological polar surface area (TPSA) is 112 Å². The number of aliphatic hydroxyl groups is 1. The molecule has 6 heteroatoms. The quantitative estimate of drug-likeness (QED) is 0.0453. The molecule has 6 nitrogen and oxygen atoms in total. The van der Waals surface area contributed by atoms with Crippen molar-refractivity contribution in [3.8, 4) is 11.5 Å². The average Bonchev–Trinajstić information content (AvgIpc) is 3.00. The Morgan fingerprint density at radius 2 is 1.51 bits per heavy atom. The molecule has 1 aromatic carbocycles. The second-order valence-corrected chi connectivity index (χ2v) is 15.8. The molecule has 2 aliphatic carbocycles. The monoisotopic (exact) mass is 670 g/mol. The van der Waals surface area contributed by atoms with Gasteiger partial charge in [-0.05, 0) is 142 Å². The van der Waals surface area contributed by atoms with Gasteiger partial charge in [-0.25, -0.2) is 0 Å². The van der Waals surface area contributed by atoms with Gasteiger partial charge in [0, 0.05) is 5.56 Å². The van der Waals surface area contributed by atoms with Crippen molar-refractivity contribution in [1.82, 2.24) is 0 Å². The van der Waals surface area contributed by atoms with Crippen LogP contribution in [0.15, 0.2) is 83.0 Å². The minimum Gasteiger partial charge on any atom is -0.506 e. The van der Waals surface area contributed by atoms with E-state index in [-0.39, 0.29) is 42.4 Å². The molecule has 2 saturated carbocycles. The zero-order valence-corrected chi connectivity index (χ0v) is 31.3. The number of aliphatic hydroxyl groups excluding tert-OH is 1. The van der Waals surface area contributed by atoms with E-state index < -0.39 is 50.6 Å². The van der Waals surface area contributed by atoms with Crippen molar-refractivity contribution >= 4 is 23.1 Å². The fourth-order valence-electron chi connectivity index (χ4n) is 8.11. The zero-order valence-electron chi connectivity index (χ0n) is 31.3. The molecule has 2 aliphatic rings. The van der Waals surface area contributed by atoms with Crippen LogP contribution in [0.3, 0.4) is 0 Å². The summed E-state index contributed by atoms with van der Waals surface area (Å²) in [4.78, 5) is 46.2. The summed E-state index contributed by atoms with van der Waals surface area (Å²) in [5.41, 5.74) is 0.507. The first-order chi connectivity index (χ1) is 22.7. The average molecular weight is 671 g/mol. The third-order valence-corrected chi connectivity index (χ3v) is 11.1. The van der Waals surface area contributed by atoms with Crippen molar-refractivity contribution in [1.29, 1.82) is 0 Å². The van der Waals surface area contributed by atoms with Gasteiger partial charge >= 0.3 is 0 Å². The lowest BCUT2D eigenvalue weighted by Gasteiger charge is -2.62. The summed E-state index contributed by atoms with van der Waals surface area (Å²) in [6, 6.07) is 3.69. The molecule has 0 aliphatic heterocycles. The molecule has 3 rings (SSSR count). The summed E-state index contributed by atoms with van der Waals surface area (Å²) in [5, 5.41) is 32.2. The fourth-order valence-corrected chi connectivity index (χ4v) is 8.11. The van der Waals surface area contributed by atoms with Crippen LogP contribution >= 0.6 is 0 Å². The number of benzene rings is 1. The summed E-state index contributed by atoms with van der Waals surface area (Å²) >= 11 is 0. The Kier molecular flexibility index (Phi) is 12.3. The summed E-state index contributed by atoms with van der Waals surface area (Å²) in [6.07, 6.45) is 9.83. The Bertz CT molecular complexity index is 1640. The minimum absolute atomic E-state index is 0.0120. The van der Waals surface area contributed by atoms with Crippen molar-refractivity contribution in [2.45, 2.75) is 114 Å². The van der Waals surface area contributed by atoms with Crippen molar-refractivity contribution in [2.24, 2.45) is 28.1 Å². The van der Waals surface area contributed by atoms with Gasteiger partial charge in [0.2, 0.25) is 0 Å². The number of fused-ring (bicyclic) bond motifs is 2. The molecule has 3 N–H and O–H groups in total. The van der Waals surface area contributed by atoms with Gasteiger partial charge in [-0.3, -0.25) is 14.4 Å². The molecule has 266 valence electrons. The van der Waals surface area contributed by atoms with E-state index in [2.05, 4.69) is 25.3 Å². The summed E-state index contributed by atoms with van der Waals surface area (Å²) in [7, 11) is 0. The fraction of sp³-hybridized carbons (Fsp3) is 0.512. The third-order valence-electron chi connectivity index (χ3n) is 11.1. The normalized spacial score (nSPS) is 26.5. The highest BCUT2D eigenvalue weighted by Gasteiger charge is 2.74. The van der Waals surface area contributed by atoms with Gasteiger partial charge in [0.25, 0.3) is 0 Å². The van der Waals surface area contributed by atoms with Crippen LogP contribution in [-0.2, 0) is 14.4 Å². The number of Topliss-reactive ketones (excluding diaryl/α,β-unsaturated/α-hetero) is 3. The molecule has 0 heterocycles. The number of carbonyl (C=O) groups excluding carboxylic acids is 3. The first-order valence-electron chi connectivity index (χ1n) is 17.5. The minimum atomic E-state index is -1.65. The van der Waals surface area contributed by atoms with Crippen LogP contribution in [0.1, 0.15) is 119 Å². The van der Waals surface area contributed by atoms with E-state index in [0.29, 0.717) is 32.1 Å². The van der Waals surface area contributed by atoms with E-state index in [9.17, 15) is 15.3 Å².